The van der Waals surface area contributed by atoms with Crippen LogP contribution < -0.4 is 11.1 Å². The van der Waals surface area contributed by atoms with Crippen molar-refractivity contribution in [2.24, 2.45) is 29.4 Å². The summed E-state index contributed by atoms with van der Waals surface area (Å²) in [6, 6.07) is 11.0. The highest BCUT2D eigenvalue weighted by Gasteiger charge is 2.37. The number of nitrogens with zero attached hydrogens (tertiary/aromatic N) is 1. The number of nitrogens with two attached hydrogens (primary N) is 1. The van der Waals surface area contributed by atoms with Crippen molar-refractivity contribution in [1.29, 1.82) is 0 Å². The standard InChI is InChI=1S/C30H49N3O3/c1-4-22(2)19-30(26-11-6-5-7-12-26)15-8-10-25(18-24-13-14-24)23(3)29(36)33(17-9-16-30)21-28(35)32-20-27(31)34/h5-7,11-12,22-25,28,32,35H,4,8-10,13-21H2,1-3H3,(H2,31,34)/t22?,23?,25?,28?,30-/m0/s1. The van der Waals surface area contributed by atoms with E-state index in [-0.39, 0.29) is 30.3 Å². The fourth-order valence-corrected chi connectivity index (χ4v) is 6.28. The summed E-state index contributed by atoms with van der Waals surface area (Å²) >= 11 is 0. The molecule has 36 heavy (non-hydrogen) atoms. The van der Waals surface area contributed by atoms with Gasteiger partial charge in [0.1, 0.15) is 6.23 Å². The van der Waals surface area contributed by atoms with Gasteiger partial charge >= 0.3 is 0 Å². The molecule has 4 N–H and O–H groups in total. The number of primary amides is 1. The van der Waals surface area contributed by atoms with Crippen molar-refractivity contribution < 1.29 is 14.7 Å². The molecular weight excluding hydrogens is 450 g/mol. The van der Waals surface area contributed by atoms with Crippen LogP contribution in [-0.2, 0) is 15.0 Å². The van der Waals surface area contributed by atoms with E-state index in [0.29, 0.717) is 18.4 Å². The number of amides is 2. The van der Waals surface area contributed by atoms with Gasteiger partial charge in [-0.15, -0.1) is 0 Å². The molecule has 6 nitrogen and oxygen atoms in total. The minimum absolute atomic E-state index is 0.0623. The second-order valence-corrected chi connectivity index (χ2v) is 11.7. The van der Waals surface area contributed by atoms with Gasteiger partial charge in [-0.05, 0) is 67.3 Å². The van der Waals surface area contributed by atoms with Crippen molar-refractivity contribution in [2.45, 2.75) is 96.6 Å². The Morgan fingerprint density at radius 2 is 1.89 bits per heavy atom. The number of carbonyl (C=O) groups is 2. The summed E-state index contributed by atoms with van der Waals surface area (Å²) in [6.07, 6.45) is 10.4. The number of hydrogen-bond donors (Lipinski definition) is 3. The summed E-state index contributed by atoms with van der Waals surface area (Å²) < 4.78 is 0. The summed E-state index contributed by atoms with van der Waals surface area (Å²) in [4.78, 5) is 26.7. The smallest absolute Gasteiger partial charge is 0.231 e. The second kappa shape index (κ2) is 13.6. The Labute approximate surface area is 218 Å². The van der Waals surface area contributed by atoms with E-state index in [4.69, 9.17) is 5.73 Å². The Kier molecular flexibility index (Phi) is 10.8. The van der Waals surface area contributed by atoms with Gasteiger partial charge in [0.15, 0.2) is 0 Å². The van der Waals surface area contributed by atoms with Gasteiger partial charge in [-0.3, -0.25) is 14.9 Å². The highest BCUT2D eigenvalue weighted by molar-refractivity contribution is 5.79. The molecule has 2 fully saturated rings. The molecule has 0 aromatic heterocycles. The third-order valence-corrected chi connectivity index (χ3v) is 8.78. The number of benzene rings is 1. The maximum atomic E-state index is 13.7. The lowest BCUT2D eigenvalue weighted by Crippen LogP contribution is -2.48. The summed E-state index contributed by atoms with van der Waals surface area (Å²) in [6.45, 7) is 7.43. The van der Waals surface area contributed by atoms with E-state index in [1.165, 1.54) is 18.4 Å². The fraction of sp³-hybridized carbons (Fsp3) is 0.733. The molecular formula is C30H49N3O3. The number of hydrogen-bond acceptors (Lipinski definition) is 4. The molecule has 6 heteroatoms. The first-order valence-electron chi connectivity index (χ1n) is 14.3. The Morgan fingerprint density at radius 3 is 2.53 bits per heavy atom. The zero-order valence-electron chi connectivity index (χ0n) is 22.8. The molecule has 5 atom stereocenters. The fourth-order valence-electron chi connectivity index (χ4n) is 6.28. The van der Waals surface area contributed by atoms with Crippen LogP contribution in [0.15, 0.2) is 30.3 Å². The van der Waals surface area contributed by atoms with Gasteiger partial charge in [-0.25, -0.2) is 0 Å². The third-order valence-electron chi connectivity index (χ3n) is 8.78. The van der Waals surface area contributed by atoms with Crippen LogP contribution >= 0.6 is 0 Å². The predicted molar refractivity (Wildman–Crippen MR) is 145 cm³/mol. The number of rotatable bonds is 11. The van der Waals surface area contributed by atoms with Crippen LogP contribution in [-0.4, -0.2) is 47.7 Å². The van der Waals surface area contributed by atoms with Crippen LogP contribution in [0.4, 0.5) is 0 Å². The van der Waals surface area contributed by atoms with E-state index in [1.807, 2.05) is 4.90 Å². The molecule has 2 aliphatic rings. The molecule has 2 amide bonds. The maximum absolute atomic E-state index is 13.7. The predicted octanol–water partition coefficient (Wildman–Crippen LogP) is 4.60. The quantitative estimate of drug-likeness (QED) is 0.388. The number of carbonyl (C=O) groups excluding carboxylic acids is 2. The van der Waals surface area contributed by atoms with Gasteiger partial charge < -0.3 is 15.7 Å². The molecule has 1 aromatic carbocycles. The molecule has 1 saturated heterocycles. The highest BCUT2D eigenvalue weighted by Crippen LogP contribution is 2.44. The highest BCUT2D eigenvalue weighted by atomic mass is 16.3. The van der Waals surface area contributed by atoms with Gasteiger partial charge in [-0.2, -0.15) is 0 Å². The molecule has 3 rings (SSSR count). The second-order valence-electron chi connectivity index (χ2n) is 11.7. The van der Waals surface area contributed by atoms with E-state index in [0.717, 1.165) is 57.3 Å². The number of aliphatic hydroxyl groups is 1. The molecule has 202 valence electrons. The summed E-state index contributed by atoms with van der Waals surface area (Å²) in [5.74, 6) is 1.33. The lowest BCUT2D eigenvalue weighted by atomic mass is 9.67. The lowest BCUT2D eigenvalue weighted by molar-refractivity contribution is -0.138. The molecule has 0 bridgehead atoms. The minimum atomic E-state index is -0.973. The Morgan fingerprint density at radius 1 is 1.19 bits per heavy atom. The average Bonchev–Trinajstić information content (AvgIpc) is 3.69. The zero-order chi connectivity index (χ0) is 26.1. The molecule has 0 radical (unpaired) electrons. The van der Waals surface area contributed by atoms with Gasteiger partial charge in [-0.1, -0.05) is 76.8 Å². The van der Waals surface area contributed by atoms with E-state index in [9.17, 15) is 14.7 Å². The maximum Gasteiger partial charge on any atom is 0.231 e. The first kappa shape index (κ1) is 28.6. The molecule has 1 aliphatic carbocycles. The Balaban J connectivity index is 1.87. The van der Waals surface area contributed by atoms with Crippen LogP contribution in [0, 0.1) is 23.7 Å². The van der Waals surface area contributed by atoms with Crippen LogP contribution in [0.5, 0.6) is 0 Å². The van der Waals surface area contributed by atoms with Crippen LogP contribution in [0.3, 0.4) is 0 Å². The Bertz CT molecular complexity index is 828. The largest absolute Gasteiger partial charge is 0.377 e. The van der Waals surface area contributed by atoms with Crippen molar-refractivity contribution in [1.82, 2.24) is 10.2 Å². The van der Waals surface area contributed by atoms with Crippen LogP contribution in [0.1, 0.15) is 90.5 Å². The van der Waals surface area contributed by atoms with E-state index in [1.54, 1.807) is 0 Å². The van der Waals surface area contributed by atoms with Crippen LogP contribution in [0.2, 0.25) is 0 Å². The number of aliphatic hydroxyl groups excluding tert-OH is 1. The minimum Gasteiger partial charge on any atom is -0.377 e. The molecule has 1 heterocycles. The molecule has 0 spiro atoms. The molecule has 4 unspecified atom stereocenters. The zero-order valence-corrected chi connectivity index (χ0v) is 22.8. The normalized spacial score (nSPS) is 27.8. The summed E-state index contributed by atoms with van der Waals surface area (Å²) in [5, 5.41) is 13.3. The number of nitrogens with one attached hydrogen (secondary N) is 1. The van der Waals surface area contributed by atoms with Crippen molar-refractivity contribution in [3.05, 3.63) is 35.9 Å². The van der Waals surface area contributed by atoms with Gasteiger partial charge in [0, 0.05) is 12.5 Å². The average molecular weight is 500 g/mol. The molecule has 1 aromatic rings. The first-order valence-corrected chi connectivity index (χ1v) is 14.3. The van der Waals surface area contributed by atoms with Gasteiger partial charge in [0.2, 0.25) is 11.8 Å². The van der Waals surface area contributed by atoms with E-state index < -0.39 is 12.1 Å². The topological polar surface area (TPSA) is 95.7 Å². The van der Waals surface area contributed by atoms with Gasteiger partial charge in [0.05, 0.1) is 13.1 Å². The Hall–Kier alpha value is -1.92. The van der Waals surface area contributed by atoms with Crippen molar-refractivity contribution in [3.63, 3.8) is 0 Å². The number of β-amino-alcohol motifs (C(OH)–C–C–N with tert-alkyl or cyclic N) is 1. The van der Waals surface area contributed by atoms with Crippen molar-refractivity contribution in [2.75, 3.05) is 19.6 Å². The third kappa shape index (κ3) is 8.31. The SMILES string of the molecule is CCC(C)C[C@]1(c2ccccc2)CCCC(CC2CC2)C(C)C(=O)N(CC(O)NCC(N)=O)CCC1. The first-order chi connectivity index (χ1) is 17.2. The molecule has 1 aliphatic heterocycles. The lowest BCUT2D eigenvalue weighted by Gasteiger charge is -2.38. The monoisotopic (exact) mass is 499 g/mol. The van der Waals surface area contributed by atoms with Crippen molar-refractivity contribution in [3.8, 4) is 0 Å². The van der Waals surface area contributed by atoms with Gasteiger partial charge in [0.25, 0.3) is 0 Å². The van der Waals surface area contributed by atoms with Crippen molar-refractivity contribution >= 4 is 11.8 Å². The van der Waals surface area contributed by atoms with E-state index >= 15 is 0 Å². The molecule has 1 saturated carbocycles. The van der Waals surface area contributed by atoms with Crippen LogP contribution in [0.25, 0.3) is 0 Å². The summed E-state index contributed by atoms with van der Waals surface area (Å²) in [7, 11) is 0. The summed E-state index contributed by atoms with van der Waals surface area (Å²) in [5.41, 5.74) is 6.77. The van der Waals surface area contributed by atoms with E-state index in [2.05, 4.69) is 56.4 Å².